The molecule has 96 valence electrons. The number of hydrogen-bond donors (Lipinski definition) is 1. The van der Waals surface area contributed by atoms with Crippen LogP contribution in [0.3, 0.4) is 0 Å². The summed E-state index contributed by atoms with van der Waals surface area (Å²) in [6.07, 6.45) is 6.40. The highest BCUT2D eigenvalue weighted by Crippen LogP contribution is 2.40. The topological polar surface area (TPSA) is 45.2 Å². The summed E-state index contributed by atoms with van der Waals surface area (Å²) in [6.45, 7) is 0.869. The Hall–Kier alpha value is -1.29. The number of halogens is 1. The predicted molar refractivity (Wildman–Crippen MR) is 70.7 cm³/mol. The summed E-state index contributed by atoms with van der Waals surface area (Å²) < 4.78 is 0. The van der Waals surface area contributed by atoms with Gasteiger partial charge in [-0.15, -0.1) is 0 Å². The molecule has 1 aromatic heterocycles. The Morgan fingerprint density at radius 1 is 1.39 bits per heavy atom. The molecule has 2 amide bonds. The SMILES string of the molecule is O=C(Nc1ccc(Cl)nc1)N1CCCC1C1CC1. The summed E-state index contributed by atoms with van der Waals surface area (Å²) in [4.78, 5) is 18.1. The van der Waals surface area contributed by atoms with Gasteiger partial charge in [0.2, 0.25) is 0 Å². The molecule has 5 heteroatoms. The van der Waals surface area contributed by atoms with Crippen molar-refractivity contribution in [3.8, 4) is 0 Å². The van der Waals surface area contributed by atoms with E-state index in [2.05, 4.69) is 10.3 Å². The fourth-order valence-electron chi connectivity index (χ4n) is 2.66. The normalized spacial score (nSPS) is 23.2. The zero-order valence-corrected chi connectivity index (χ0v) is 10.9. The lowest BCUT2D eigenvalue weighted by molar-refractivity contribution is 0.200. The molecule has 1 aliphatic heterocycles. The quantitative estimate of drug-likeness (QED) is 0.835. The molecule has 1 N–H and O–H groups in total. The minimum Gasteiger partial charge on any atom is -0.321 e. The first-order valence-electron chi connectivity index (χ1n) is 6.43. The lowest BCUT2D eigenvalue weighted by Gasteiger charge is -2.24. The van der Waals surface area contributed by atoms with Gasteiger partial charge in [0.25, 0.3) is 0 Å². The minimum atomic E-state index is -0.00600. The highest BCUT2D eigenvalue weighted by atomic mass is 35.5. The largest absolute Gasteiger partial charge is 0.322 e. The molecule has 4 nitrogen and oxygen atoms in total. The minimum absolute atomic E-state index is 0.00600. The molecule has 18 heavy (non-hydrogen) atoms. The van der Waals surface area contributed by atoms with Crippen LogP contribution < -0.4 is 5.32 Å². The molecule has 0 spiro atoms. The van der Waals surface area contributed by atoms with Gasteiger partial charge in [-0.2, -0.15) is 0 Å². The second kappa shape index (κ2) is 4.76. The Bertz CT molecular complexity index is 444. The van der Waals surface area contributed by atoms with Crippen molar-refractivity contribution in [3.63, 3.8) is 0 Å². The van der Waals surface area contributed by atoms with Crippen LogP contribution >= 0.6 is 11.6 Å². The molecule has 1 aliphatic carbocycles. The van der Waals surface area contributed by atoms with Crippen LogP contribution in [0.5, 0.6) is 0 Å². The zero-order valence-electron chi connectivity index (χ0n) is 10.1. The van der Waals surface area contributed by atoms with Crippen LogP contribution in [0.2, 0.25) is 5.15 Å². The van der Waals surface area contributed by atoms with Gasteiger partial charge in [0.1, 0.15) is 5.15 Å². The molecule has 0 aromatic carbocycles. The second-order valence-corrected chi connectivity index (χ2v) is 5.43. The average Bonchev–Trinajstić information content (AvgIpc) is 3.09. The molecule has 1 atom stereocenters. The van der Waals surface area contributed by atoms with Crippen molar-refractivity contribution in [2.75, 3.05) is 11.9 Å². The van der Waals surface area contributed by atoms with Crippen LogP contribution in [-0.2, 0) is 0 Å². The third-order valence-corrected chi connectivity index (χ3v) is 3.93. The number of carbonyl (C=O) groups is 1. The maximum Gasteiger partial charge on any atom is 0.322 e. The van der Waals surface area contributed by atoms with Gasteiger partial charge in [-0.25, -0.2) is 9.78 Å². The van der Waals surface area contributed by atoms with E-state index in [1.165, 1.54) is 12.8 Å². The number of aromatic nitrogens is 1. The van der Waals surface area contributed by atoms with Crippen molar-refractivity contribution in [2.45, 2.75) is 31.7 Å². The molecular formula is C13H16ClN3O. The van der Waals surface area contributed by atoms with Gasteiger partial charge in [-0.05, 0) is 43.7 Å². The Morgan fingerprint density at radius 3 is 2.89 bits per heavy atom. The van der Waals surface area contributed by atoms with Gasteiger partial charge in [0, 0.05) is 12.6 Å². The van der Waals surface area contributed by atoms with Crippen LogP contribution in [0, 0.1) is 5.92 Å². The number of carbonyl (C=O) groups excluding carboxylic acids is 1. The number of urea groups is 1. The van der Waals surface area contributed by atoms with E-state index in [0.29, 0.717) is 16.9 Å². The van der Waals surface area contributed by atoms with Gasteiger partial charge in [0.15, 0.2) is 0 Å². The molecule has 3 rings (SSSR count). The Labute approximate surface area is 111 Å². The summed E-state index contributed by atoms with van der Waals surface area (Å²) in [6, 6.07) is 3.90. The van der Waals surface area contributed by atoms with E-state index < -0.39 is 0 Å². The molecule has 2 heterocycles. The Balaban J connectivity index is 1.65. The Morgan fingerprint density at radius 2 is 2.22 bits per heavy atom. The van der Waals surface area contributed by atoms with E-state index in [-0.39, 0.29) is 6.03 Å². The van der Waals surface area contributed by atoms with Crippen LogP contribution in [0.4, 0.5) is 10.5 Å². The highest BCUT2D eigenvalue weighted by molar-refractivity contribution is 6.29. The van der Waals surface area contributed by atoms with E-state index in [1.54, 1.807) is 18.3 Å². The third-order valence-electron chi connectivity index (χ3n) is 3.70. The van der Waals surface area contributed by atoms with Crippen molar-refractivity contribution in [2.24, 2.45) is 5.92 Å². The summed E-state index contributed by atoms with van der Waals surface area (Å²) >= 11 is 5.71. The van der Waals surface area contributed by atoms with E-state index >= 15 is 0 Å². The van der Waals surface area contributed by atoms with Crippen molar-refractivity contribution in [1.82, 2.24) is 9.88 Å². The maximum absolute atomic E-state index is 12.2. The zero-order chi connectivity index (χ0) is 12.5. The summed E-state index contributed by atoms with van der Waals surface area (Å²) in [5.41, 5.74) is 0.700. The fraction of sp³-hybridized carbons (Fsp3) is 0.538. The van der Waals surface area contributed by atoms with Crippen molar-refractivity contribution < 1.29 is 4.79 Å². The summed E-state index contributed by atoms with van der Waals surface area (Å²) in [7, 11) is 0. The molecule has 2 aliphatic rings. The molecule has 1 aromatic rings. The number of rotatable bonds is 2. The number of pyridine rings is 1. The first kappa shape index (κ1) is 11.8. The number of anilines is 1. The monoisotopic (exact) mass is 265 g/mol. The molecule has 1 saturated heterocycles. The van der Waals surface area contributed by atoms with E-state index in [1.807, 2.05) is 4.90 Å². The lowest BCUT2D eigenvalue weighted by atomic mass is 10.1. The lowest BCUT2D eigenvalue weighted by Crippen LogP contribution is -2.39. The number of hydrogen-bond acceptors (Lipinski definition) is 2. The molecule has 2 fully saturated rings. The maximum atomic E-state index is 12.2. The third kappa shape index (κ3) is 2.43. The van der Waals surface area contributed by atoms with Crippen molar-refractivity contribution >= 4 is 23.3 Å². The fourth-order valence-corrected chi connectivity index (χ4v) is 2.77. The number of nitrogens with one attached hydrogen (secondary N) is 1. The highest BCUT2D eigenvalue weighted by Gasteiger charge is 2.39. The summed E-state index contributed by atoms with van der Waals surface area (Å²) in [5, 5.41) is 3.32. The molecular weight excluding hydrogens is 250 g/mol. The molecule has 0 radical (unpaired) electrons. The van der Waals surface area contributed by atoms with Crippen LogP contribution in [-0.4, -0.2) is 28.5 Å². The predicted octanol–water partition coefficient (Wildman–Crippen LogP) is 3.14. The van der Waals surface area contributed by atoms with E-state index in [0.717, 1.165) is 25.3 Å². The van der Waals surface area contributed by atoms with Gasteiger partial charge < -0.3 is 10.2 Å². The van der Waals surface area contributed by atoms with Gasteiger partial charge in [-0.1, -0.05) is 11.6 Å². The molecule has 0 bridgehead atoms. The van der Waals surface area contributed by atoms with E-state index in [9.17, 15) is 4.79 Å². The smallest absolute Gasteiger partial charge is 0.321 e. The number of likely N-dealkylation sites (tertiary alicyclic amines) is 1. The van der Waals surface area contributed by atoms with Crippen LogP contribution in [0.25, 0.3) is 0 Å². The van der Waals surface area contributed by atoms with Gasteiger partial charge in [0.05, 0.1) is 11.9 Å². The Kier molecular flexibility index (Phi) is 3.12. The first-order chi connectivity index (χ1) is 8.74. The molecule has 1 saturated carbocycles. The van der Waals surface area contributed by atoms with Crippen LogP contribution in [0.1, 0.15) is 25.7 Å². The number of nitrogens with zero attached hydrogens (tertiary/aromatic N) is 2. The summed E-state index contributed by atoms with van der Waals surface area (Å²) in [5.74, 6) is 0.738. The van der Waals surface area contributed by atoms with Gasteiger partial charge in [-0.3, -0.25) is 0 Å². The number of amides is 2. The van der Waals surface area contributed by atoms with Gasteiger partial charge >= 0.3 is 6.03 Å². The standard InChI is InChI=1S/C13H16ClN3O/c14-12-6-5-10(8-15-12)16-13(18)17-7-1-2-11(17)9-3-4-9/h5-6,8-9,11H,1-4,7H2,(H,16,18). The average molecular weight is 266 g/mol. The van der Waals surface area contributed by atoms with Crippen molar-refractivity contribution in [3.05, 3.63) is 23.5 Å². The van der Waals surface area contributed by atoms with Crippen molar-refractivity contribution in [1.29, 1.82) is 0 Å². The van der Waals surface area contributed by atoms with Crippen LogP contribution in [0.15, 0.2) is 18.3 Å². The van der Waals surface area contributed by atoms with E-state index in [4.69, 9.17) is 11.6 Å². The molecule has 1 unspecified atom stereocenters. The second-order valence-electron chi connectivity index (χ2n) is 5.04. The first-order valence-corrected chi connectivity index (χ1v) is 6.81.